The molecule has 2 rings (SSSR count). The lowest BCUT2D eigenvalue weighted by Crippen LogP contribution is -2.05. The lowest BCUT2D eigenvalue weighted by Gasteiger charge is -2.10. The fourth-order valence-electron chi connectivity index (χ4n) is 1.72. The molecular weight excluding hydrogens is 212 g/mol. The summed E-state index contributed by atoms with van der Waals surface area (Å²) >= 11 is -1.76. The fourth-order valence-corrected chi connectivity index (χ4v) is 2.33. The highest BCUT2D eigenvalue weighted by Crippen LogP contribution is 2.24. The Kier molecular flexibility index (Phi) is 2.83. The van der Waals surface area contributed by atoms with Crippen molar-refractivity contribution in [1.82, 2.24) is 10.2 Å². The molecular formula is C10H12N2O2S. The van der Waals surface area contributed by atoms with Gasteiger partial charge in [0.2, 0.25) is 0 Å². The summed E-state index contributed by atoms with van der Waals surface area (Å²) in [6.07, 6.45) is 1.75. The molecule has 0 aliphatic rings. The molecule has 1 heterocycles. The van der Waals surface area contributed by atoms with E-state index in [4.69, 9.17) is 4.55 Å². The van der Waals surface area contributed by atoms with Crippen molar-refractivity contribution in [3.05, 3.63) is 30.0 Å². The first-order chi connectivity index (χ1) is 7.18. The molecule has 2 unspecified atom stereocenters. The summed E-state index contributed by atoms with van der Waals surface area (Å²) in [7, 11) is 0. The third-order valence-corrected chi connectivity index (χ3v) is 3.23. The summed E-state index contributed by atoms with van der Waals surface area (Å²) in [5.41, 5.74) is 2.02. The Morgan fingerprint density at radius 1 is 1.60 bits per heavy atom. The molecule has 0 aliphatic carbocycles. The highest BCUT2D eigenvalue weighted by atomic mass is 32.2. The van der Waals surface area contributed by atoms with Crippen LogP contribution in [0.4, 0.5) is 0 Å². The van der Waals surface area contributed by atoms with Crippen LogP contribution in [0, 0.1) is 0 Å². The molecule has 0 saturated carbocycles. The number of hydrogen-bond acceptors (Lipinski definition) is 2. The van der Waals surface area contributed by atoms with Gasteiger partial charge in [-0.3, -0.25) is 5.10 Å². The Bertz CT molecular complexity index is 495. The second-order valence-electron chi connectivity index (χ2n) is 3.57. The van der Waals surface area contributed by atoms with E-state index in [0.29, 0.717) is 0 Å². The van der Waals surface area contributed by atoms with E-state index in [1.807, 2.05) is 25.1 Å². The van der Waals surface area contributed by atoms with Crippen LogP contribution in [-0.4, -0.2) is 24.7 Å². The Morgan fingerprint density at radius 3 is 3.13 bits per heavy atom. The van der Waals surface area contributed by atoms with Crippen molar-refractivity contribution >= 4 is 22.0 Å². The maximum atomic E-state index is 10.7. The molecule has 1 aromatic heterocycles. The molecule has 0 saturated heterocycles. The quantitative estimate of drug-likeness (QED) is 0.782. The SMILES string of the molecule is CC(CS(=O)O)c1cccc2[nH]ncc12. The van der Waals surface area contributed by atoms with Gasteiger partial charge in [0.05, 0.1) is 17.5 Å². The van der Waals surface area contributed by atoms with Crippen LogP contribution in [0.2, 0.25) is 0 Å². The largest absolute Gasteiger partial charge is 0.306 e. The minimum Gasteiger partial charge on any atom is -0.306 e. The van der Waals surface area contributed by atoms with Gasteiger partial charge in [-0.05, 0) is 17.5 Å². The van der Waals surface area contributed by atoms with Crippen molar-refractivity contribution in [2.75, 3.05) is 5.75 Å². The maximum Gasteiger partial charge on any atom is 0.153 e. The van der Waals surface area contributed by atoms with E-state index in [9.17, 15) is 4.21 Å². The number of nitrogens with zero attached hydrogens (tertiary/aromatic N) is 1. The third kappa shape index (κ3) is 2.08. The molecule has 5 heteroatoms. The van der Waals surface area contributed by atoms with Crippen LogP contribution in [0.5, 0.6) is 0 Å². The third-order valence-electron chi connectivity index (χ3n) is 2.44. The van der Waals surface area contributed by atoms with Crippen molar-refractivity contribution in [3.63, 3.8) is 0 Å². The number of H-pyrrole nitrogens is 1. The van der Waals surface area contributed by atoms with Gasteiger partial charge in [0, 0.05) is 5.39 Å². The van der Waals surface area contributed by atoms with Crippen LogP contribution in [0.25, 0.3) is 10.9 Å². The minimum atomic E-state index is -1.76. The van der Waals surface area contributed by atoms with Crippen LogP contribution >= 0.6 is 0 Å². The standard InChI is InChI=1S/C10H12N2O2S/c1-7(6-15(13)14)8-3-2-4-10-9(8)5-11-12-10/h2-5,7H,6H2,1H3,(H,11,12)(H,13,14). The molecule has 15 heavy (non-hydrogen) atoms. The molecule has 0 amide bonds. The van der Waals surface area contributed by atoms with Gasteiger partial charge in [-0.1, -0.05) is 19.1 Å². The molecule has 0 aliphatic heterocycles. The van der Waals surface area contributed by atoms with Crippen molar-refractivity contribution in [2.45, 2.75) is 12.8 Å². The normalized spacial score (nSPS) is 15.3. The highest BCUT2D eigenvalue weighted by molar-refractivity contribution is 7.79. The predicted octanol–water partition coefficient (Wildman–Crippen LogP) is 1.89. The van der Waals surface area contributed by atoms with Gasteiger partial charge in [-0.25, -0.2) is 4.21 Å². The summed E-state index contributed by atoms with van der Waals surface area (Å²) in [6.45, 7) is 1.94. The summed E-state index contributed by atoms with van der Waals surface area (Å²) in [6, 6.07) is 5.83. The molecule has 80 valence electrons. The van der Waals surface area contributed by atoms with E-state index in [1.54, 1.807) is 6.20 Å². The summed E-state index contributed by atoms with van der Waals surface area (Å²) in [5, 5.41) is 7.86. The van der Waals surface area contributed by atoms with E-state index in [0.717, 1.165) is 16.5 Å². The zero-order valence-electron chi connectivity index (χ0n) is 8.30. The van der Waals surface area contributed by atoms with Crippen molar-refractivity contribution in [2.24, 2.45) is 0 Å². The zero-order valence-corrected chi connectivity index (χ0v) is 9.12. The first kappa shape index (κ1) is 10.3. The van der Waals surface area contributed by atoms with Gasteiger partial charge in [0.25, 0.3) is 0 Å². The average Bonchev–Trinajstić information content (AvgIpc) is 2.63. The number of fused-ring (bicyclic) bond motifs is 1. The lowest BCUT2D eigenvalue weighted by atomic mass is 10.00. The van der Waals surface area contributed by atoms with E-state index < -0.39 is 11.1 Å². The zero-order chi connectivity index (χ0) is 10.8. The van der Waals surface area contributed by atoms with Crippen molar-refractivity contribution in [1.29, 1.82) is 0 Å². The van der Waals surface area contributed by atoms with E-state index in [-0.39, 0.29) is 11.7 Å². The van der Waals surface area contributed by atoms with Crippen LogP contribution in [0.1, 0.15) is 18.4 Å². The van der Waals surface area contributed by atoms with Crippen molar-refractivity contribution < 1.29 is 8.76 Å². The smallest absolute Gasteiger partial charge is 0.153 e. The van der Waals surface area contributed by atoms with Crippen LogP contribution < -0.4 is 0 Å². The first-order valence-corrected chi connectivity index (χ1v) is 5.95. The highest BCUT2D eigenvalue weighted by Gasteiger charge is 2.12. The van der Waals surface area contributed by atoms with E-state index in [2.05, 4.69) is 10.2 Å². The molecule has 1 aromatic carbocycles. The summed E-state index contributed by atoms with van der Waals surface area (Å²) in [4.78, 5) is 0. The number of aromatic amines is 1. The number of aromatic nitrogens is 2. The number of benzene rings is 1. The monoisotopic (exact) mass is 224 g/mol. The number of rotatable bonds is 3. The van der Waals surface area contributed by atoms with Crippen LogP contribution in [0.3, 0.4) is 0 Å². The van der Waals surface area contributed by atoms with E-state index in [1.165, 1.54) is 0 Å². The molecule has 2 N–H and O–H groups in total. The molecule has 4 nitrogen and oxygen atoms in total. The summed E-state index contributed by atoms with van der Waals surface area (Å²) in [5.74, 6) is 0.307. The van der Waals surface area contributed by atoms with E-state index >= 15 is 0 Å². The second-order valence-corrected chi connectivity index (χ2v) is 4.54. The van der Waals surface area contributed by atoms with Gasteiger partial charge in [-0.2, -0.15) is 5.10 Å². The Hall–Kier alpha value is -1.20. The van der Waals surface area contributed by atoms with Gasteiger partial charge in [0.1, 0.15) is 0 Å². The van der Waals surface area contributed by atoms with Gasteiger partial charge in [0.15, 0.2) is 11.1 Å². The topological polar surface area (TPSA) is 66.0 Å². The molecule has 2 aromatic rings. The second kappa shape index (κ2) is 4.12. The molecule has 2 atom stereocenters. The predicted molar refractivity (Wildman–Crippen MR) is 60.1 cm³/mol. The summed E-state index contributed by atoms with van der Waals surface area (Å²) < 4.78 is 19.6. The Balaban J connectivity index is 2.42. The van der Waals surface area contributed by atoms with Gasteiger partial charge >= 0.3 is 0 Å². The van der Waals surface area contributed by atoms with Gasteiger partial charge in [-0.15, -0.1) is 0 Å². The fraction of sp³-hybridized carbons (Fsp3) is 0.300. The molecule has 0 spiro atoms. The minimum absolute atomic E-state index is 0.0529. The maximum absolute atomic E-state index is 10.7. The van der Waals surface area contributed by atoms with Crippen LogP contribution in [-0.2, 0) is 11.1 Å². The Morgan fingerprint density at radius 2 is 2.40 bits per heavy atom. The van der Waals surface area contributed by atoms with Crippen LogP contribution in [0.15, 0.2) is 24.4 Å². The first-order valence-electron chi connectivity index (χ1n) is 4.68. The average molecular weight is 224 g/mol. The molecule has 0 radical (unpaired) electrons. The molecule has 0 bridgehead atoms. The Labute approximate surface area is 90.0 Å². The number of nitrogens with one attached hydrogen (secondary N) is 1. The lowest BCUT2D eigenvalue weighted by molar-refractivity contribution is 0.559. The number of hydrogen-bond donors (Lipinski definition) is 2. The van der Waals surface area contributed by atoms with Crippen molar-refractivity contribution in [3.8, 4) is 0 Å². The molecule has 0 fully saturated rings. The van der Waals surface area contributed by atoms with Gasteiger partial charge < -0.3 is 4.55 Å².